The van der Waals surface area contributed by atoms with Gasteiger partial charge in [-0.25, -0.2) is 0 Å². The molecule has 0 radical (unpaired) electrons. The normalized spacial score (nSPS) is 9.71. The first-order valence-corrected chi connectivity index (χ1v) is 7.25. The second-order valence-electron chi connectivity index (χ2n) is 2.88. The minimum Gasteiger partial charge on any atom is -0.394 e. The van der Waals surface area contributed by atoms with Crippen molar-refractivity contribution in [1.82, 2.24) is 0 Å². The van der Waals surface area contributed by atoms with Gasteiger partial charge < -0.3 is 19.7 Å². The zero-order valence-corrected chi connectivity index (χ0v) is 13.4. The standard InChI is InChI=1S/C6H14O4.C4H6.C2H6O4S/c7-1-3-9-5-6-10-4-2-8;1-3-4-2;1-5-7(3,4)6-2/h7-8H,1-6H2;3-4H,1-2H2;1-2H3. The van der Waals surface area contributed by atoms with Crippen LogP contribution in [0.2, 0.25) is 0 Å². The fraction of sp³-hybridized carbons (Fsp3) is 0.667. The number of aliphatic hydroxyl groups excluding tert-OH is 2. The third-order valence-electron chi connectivity index (χ3n) is 1.42. The number of aliphatic hydroxyl groups is 2. The van der Waals surface area contributed by atoms with E-state index in [0.29, 0.717) is 26.4 Å². The van der Waals surface area contributed by atoms with E-state index < -0.39 is 10.4 Å². The summed E-state index contributed by atoms with van der Waals surface area (Å²) in [6, 6.07) is 0. The number of hydrogen-bond donors (Lipinski definition) is 2. The van der Waals surface area contributed by atoms with Crippen molar-refractivity contribution in [2.75, 3.05) is 53.9 Å². The molecule has 0 amide bonds. The Kier molecular flexibility index (Phi) is 25.7. The van der Waals surface area contributed by atoms with E-state index in [-0.39, 0.29) is 13.2 Å². The van der Waals surface area contributed by atoms with E-state index in [1.165, 1.54) is 0 Å². The first-order valence-electron chi connectivity index (χ1n) is 5.92. The van der Waals surface area contributed by atoms with Gasteiger partial charge in [0.2, 0.25) is 0 Å². The molecule has 0 aliphatic rings. The number of allylic oxidation sites excluding steroid dienone is 2. The van der Waals surface area contributed by atoms with Crippen molar-refractivity contribution in [3.63, 3.8) is 0 Å². The van der Waals surface area contributed by atoms with E-state index in [0.717, 1.165) is 14.2 Å². The van der Waals surface area contributed by atoms with Crippen molar-refractivity contribution < 1.29 is 36.5 Å². The van der Waals surface area contributed by atoms with Gasteiger partial charge in [-0.3, -0.25) is 8.37 Å². The van der Waals surface area contributed by atoms with Crippen molar-refractivity contribution in [2.45, 2.75) is 0 Å². The highest BCUT2D eigenvalue weighted by atomic mass is 32.3. The SMILES string of the molecule is C=CC=C.COS(=O)(=O)OC.OCCOCCOCCO. The average Bonchev–Trinajstić information content (AvgIpc) is 2.51. The van der Waals surface area contributed by atoms with Crippen LogP contribution in [0.5, 0.6) is 0 Å². The van der Waals surface area contributed by atoms with Crippen molar-refractivity contribution in [3.05, 3.63) is 25.3 Å². The molecule has 21 heavy (non-hydrogen) atoms. The molecule has 2 N–H and O–H groups in total. The maximum atomic E-state index is 9.92. The number of ether oxygens (including phenoxy) is 2. The van der Waals surface area contributed by atoms with Gasteiger partial charge in [-0.15, -0.1) is 0 Å². The minimum atomic E-state index is -3.66. The molecule has 8 nitrogen and oxygen atoms in total. The zero-order valence-electron chi connectivity index (χ0n) is 12.6. The molecule has 0 fully saturated rings. The second kappa shape index (κ2) is 21.5. The quantitative estimate of drug-likeness (QED) is 0.421. The Morgan fingerprint density at radius 3 is 1.33 bits per heavy atom. The van der Waals surface area contributed by atoms with E-state index in [4.69, 9.17) is 19.7 Å². The van der Waals surface area contributed by atoms with Gasteiger partial charge in [0, 0.05) is 0 Å². The molecular weight excluding hydrogens is 304 g/mol. The molecule has 0 aromatic rings. The lowest BCUT2D eigenvalue weighted by Gasteiger charge is -2.01. The van der Waals surface area contributed by atoms with Gasteiger partial charge >= 0.3 is 10.4 Å². The van der Waals surface area contributed by atoms with E-state index >= 15 is 0 Å². The summed E-state index contributed by atoms with van der Waals surface area (Å²) in [7, 11) is -1.60. The number of rotatable bonds is 10. The van der Waals surface area contributed by atoms with E-state index in [2.05, 4.69) is 21.5 Å². The van der Waals surface area contributed by atoms with Crippen LogP contribution in [0.15, 0.2) is 25.3 Å². The Bertz CT molecular complexity index is 278. The summed E-state index contributed by atoms with van der Waals surface area (Å²) in [5.41, 5.74) is 0. The van der Waals surface area contributed by atoms with Crippen LogP contribution in [-0.4, -0.2) is 72.5 Å². The molecule has 0 spiro atoms. The lowest BCUT2D eigenvalue weighted by molar-refractivity contribution is 0.0222. The van der Waals surface area contributed by atoms with Crippen LogP contribution >= 0.6 is 0 Å². The summed E-state index contributed by atoms with van der Waals surface area (Å²) in [6.45, 7) is 8.45. The van der Waals surface area contributed by atoms with Gasteiger partial charge in [-0.2, -0.15) is 8.42 Å². The summed E-state index contributed by atoms with van der Waals surface area (Å²) in [4.78, 5) is 0. The largest absolute Gasteiger partial charge is 0.399 e. The summed E-state index contributed by atoms with van der Waals surface area (Å²) in [5.74, 6) is 0. The Morgan fingerprint density at radius 2 is 1.19 bits per heavy atom. The van der Waals surface area contributed by atoms with Gasteiger partial charge in [-0.1, -0.05) is 25.3 Å². The van der Waals surface area contributed by atoms with Crippen LogP contribution in [0.25, 0.3) is 0 Å². The van der Waals surface area contributed by atoms with Crippen molar-refractivity contribution >= 4 is 10.4 Å². The van der Waals surface area contributed by atoms with E-state index in [1.807, 2.05) is 0 Å². The second-order valence-corrected chi connectivity index (χ2v) is 4.37. The van der Waals surface area contributed by atoms with Gasteiger partial charge in [0.05, 0.1) is 53.9 Å². The third kappa shape index (κ3) is 32.6. The molecular formula is C12H26O8S. The molecule has 9 heteroatoms. The third-order valence-corrected chi connectivity index (χ3v) is 2.23. The van der Waals surface area contributed by atoms with Gasteiger partial charge in [0.25, 0.3) is 0 Å². The molecule has 0 atom stereocenters. The Labute approximate surface area is 126 Å². The van der Waals surface area contributed by atoms with Gasteiger partial charge in [0.1, 0.15) is 0 Å². The van der Waals surface area contributed by atoms with Crippen LogP contribution in [0.3, 0.4) is 0 Å². The monoisotopic (exact) mass is 330 g/mol. The summed E-state index contributed by atoms with van der Waals surface area (Å²) in [6.07, 6.45) is 3.28. The van der Waals surface area contributed by atoms with Crippen LogP contribution in [0.1, 0.15) is 0 Å². The predicted molar refractivity (Wildman–Crippen MR) is 79.1 cm³/mol. The maximum Gasteiger partial charge on any atom is 0.399 e. The van der Waals surface area contributed by atoms with Crippen LogP contribution in [0.4, 0.5) is 0 Å². The van der Waals surface area contributed by atoms with Gasteiger partial charge in [-0.05, 0) is 0 Å². The highest BCUT2D eigenvalue weighted by Gasteiger charge is 2.01. The Balaban J connectivity index is -0.000000256. The first-order chi connectivity index (χ1) is 9.95. The fourth-order valence-electron chi connectivity index (χ4n) is 0.519. The zero-order chi connectivity index (χ0) is 17.0. The maximum absolute atomic E-state index is 9.92. The summed E-state index contributed by atoms with van der Waals surface area (Å²) >= 11 is 0. The topological polar surface area (TPSA) is 112 Å². The summed E-state index contributed by atoms with van der Waals surface area (Å²) < 4.78 is 37.3. The smallest absolute Gasteiger partial charge is 0.394 e. The Hall–Kier alpha value is -0.810. The molecule has 0 unspecified atom stereocenters. The first kappa shape index (κ1) is 25.2. The molecule has 0 rings (SSSR count). The van der Waals surface area contributed by atoms with Crippen LogP contribution < -0.4 is 0 Å². The molecule has 0 aromatic carbocycles. The van der Waals surface area contributed by atoms with Crippen molar-refractivity contribution in [3.8, 4) is 0 Å². The highest BCUT2D eigenvalue weighted by molar-refractivity contribution is 7.81. The minimum absolute atomic E-state index is 0.0417. The fourth-order valence-corrected chi connectivity index (χ4v) is 0.655. The van der Waals surface area contributed by atoms with Crippen LogP contribution in [-0.2, 0) is 28.2 Å². The van der Waals surface area contributed by atoms with Crippen LogP contribution in [0, 0.1) is 0 Å². The van der Waals surface area contributed by atoms with E-state index in [1.54, 1.807) is 12.2 Å². The molecule has 0 bridgehead atoms. The van der Waals surface area contributed by atoms with Gasteiger partial charge in [0.15, 0.2) is 0 Å². The predicted octanol–water partition coefficient (Wildman–Crippen LogP) is -0.113. The lowest BCUT2D eigenvalue weighted by atomic mass is 10.6. The summed E-state index contributed by atoms with van der Waals surface area (Å²) in [5, 5.41) is 16.5. The molecule has 0 heterocycles. The molecule has 0 aliphatic carbocycles. The molecule has 0 aliphatic heterocycles. The average molecular weight is 330 g/mol. The highest BCUT2D eigenvalue weighted by Crippen LogP contribution is 1.85. The molecule has 0 aromatic heterocycles. The molecule has 0 saturated heterocycles. The lowest BCUT2D eigenvalue weighted by Crippen LogP contribution is -2.09. The van der Waals surface area contributed by atoms with E-state index in [9.17, 15) is 8.42 Å². The molecule has 0 saturated carbocycles. The molecule has 128 valence electrons. The number of hydrogen-bond acceptors (Lipinski definition) is 8. The Morgan fingerprint density at radius 1 is 0.857 bits per heavy atom. The van der Waals surface area contributed by atoms with Crippen molar-refractivity contribution in [2.24, 2.45) is 0 Å². The van der Waals surface area contributed by atoms with Crippen molar-refractivity contribution in [1.29, 1.82) is 0 Å².